The van der Waals surface area contributed by atoms with Gasteiger partial charge in [0.2, 0.25) is 21.1 Å². The van der Waals surface area contributed by atoms with E-state index in [1.54, 1.807) is 16.3 Å². The molecule has 226 valence electrons. The van der Waals surface area contributed by atoms with Crippen molar-refractivity contribution in [2.24, 2.45) is 0 Å². The summed E-state index contributed by atoms with van der Waals surface area (Å²) in [6, 6.07) is 15.4. The average Bonchev–Trinajstić information content (AvgIpc) is 3.66. The number of anilines is 1. The average molecular weight is 659 g/mol. The van der Waals surface area contributed by atoms with Crippen LogP contribution in [-0.4, -0.2) is 74.1 Å². The van der Waals surface area contributed by atoms with Gasteiger partial charge in [0.1, 0.15) is 0 Å². The molecule has 3 heterocycles. The number of rotatable bonds is 12. The molecule has 0 aliphatic carbocycles. The van der Waals surface area contributed by atoms with E-state index in [4.69, 9.17) is 0 Å². The summed E-state index contributed by atoms with van der Waals surface area (Å²) in [7, 11) is -3.58. The molecule has 2 aromatic carbocycles. The van der Waals surface area contributed by atoms with Crippen molar-refractivity contribution in [1.29, 1.82) is 0 Å². The van der Waals surface area contributed by atoms with Gasteiger partial charge >= 0.3 is 0 Å². The molecule has 0 unspecified atom stereocenters. The molecule has 2 N–H and O–H groups in total. The van der Waals surface area contributed by atoms with Gasteiger partial charge in [-0.15, -0.1) is 20.4 Å². The first-order valence-electron chi connectivity index (χ1n) is 13.6. The molecule has 2 amide bonds. The zero-order valence-corrected chi connectivity index (χ0v) is 26.6. The number of carbonyl (C=O) groups excluding carboxylic acids is 2. The monoisotopic (exact) mass is 658 g/mol. The minimum absolute atomic E-state index is 0.0595. The molecule has 4 aromatic rings. The highest BCUT2D eigenvalue weighted by Crippen LogP contribution is 2.26. The minimum atomic E-state index is -3.58. The summed E-state index contributed by atoms with van der Waals surface area (Å²) >= 11 is 4.09. The second kappa shape index (κ2) is 14.4. The molecule has 1 aliphatic heterocycles. The standard InChI is InChI=1S/C27H30N8O4S4/c1-2-40-27-33-31-25(42-27)29-23(36)18-41-26-32-30-22(35(26)20-9-5-3-6-10-20)17-28-24(37)19-11-13-21(14-12-19)43(38,39)34-15-7-4-8-16-34/h3,5-6,9-14H,2,4,7-8,15-18H2,1H3,(H,28,37)(H,29,31,36). The quantitative estimate of drug-likeness (QED) is 0.168. The van der Waals surface area contributed by atoms with Crippen molar-refractivity contribution in [2.45, 2.75) is 47.1 Å². The van der Waals surface area contributed by atoms with E-state index >= 15 is 0 Å². The number of nitrogens with one attached hydrogen (secondary N) is 2. The van der Waals surface area contributed by atoms with Gasteiger partial charge in [-0.05, 0) is 55.0 Å². The largest absolute Gasteiger partial charge is 0.345 e. The van der Waals surface area contributed by atoms with E-state index in [0.29, 0.717) is 34.8 Å². The molecule has 1 aliphatic rings. The van der Waals surface area contributed by atoms with Crippen LogP contribution >= 0.6 is 34.9 Å². The summed E-state index contributed by atoms with van der Waals surface area (Å²) in [6.45, 7) is 3.11. The fourth-order valence-electron chi connectivity index (χ4n) is 4.37. The molecule has 16 heteroatoms. The Morgan fingerprint density at radius 1 is 0.930 bits per heavy atom. The normalized spacial score (nSPS) is 14.0. The summed E-state index contributed by atoms with van der Waals surface area (Å²) in [4.78, 5) is 25.7. The van der Waals surface area contributed by atoms with Gasteiger partial charge in [0.05, 0.1) is 17.2 Å². The fraction of sp³-hybridized carbons (Fsp3) is 0.333. The van der Waals surface area contributed by atoms with Crippen LogP contribution in [-0.2, 0) is 21.4 Å². The molecule has 0 spiro atoms. The maximum atomic E-state index is 13.0. The molecule has 1 fully saturated rings. The number of aromatic nitrogens is 5. The zero-order chi connectivity index (χ0) is 30.2. The number of para-hydroxylation sites is 1. The third kappa shape index (κ3) is 7.80. The number of benzene rings is 2. The summed E-state index contributed by atoms with van der Waals surface area (Å²) in [5.74, 6) is 0.774. The molecular weight excluding hydrogens is 629 g/mol. The van der Waals surface area contributed by atoms with E-state index < -0.39 is 10.0 Å². The van der Waals surface area contributed by atoms with Gasteiger partial charge in [-0.1, -0.05) is 66.4 Å². The molecule has 0 atom stereocenters. The van der Waals surface area contributed by atoms with E-state index in [2.05, 4.69) is 31.0 Å². The minimum Gasteiger partial charge on any atom is -0.345 e. The topological polar surface area (TPSA) is 152 Å². The Kier molecular flexibility index (Phi) is 10.5. The molecule has 12 nitrogen and oxygen atoms in total. The van der Waals surface area contributed by atoms with Crippen LogP contribution in [0.2, 0.25) is 0 Å². The smallest absolute Gasteiger partial charge is 0.251 e. The van der Waals surface area contributed by atoms with Crippen LogP contribution in [0.5, 0.6) is 0 Å². The van der Waals surface area contributed by atoms with Gasteiger partial charge in [-0.2, -0.15) is 4.31 Å². The van der Waals surface area contributed by atoms with Crippen molar-refractivity contribution in [3.8, 4) is 5.69 Å². The van der Waals surface area contributed by atoms with E-state index in [1.807, 2.05) is 37.3 Å². The lowest BCUT2D eigenvalue weighted by molar-refractivity contribution is -0.113. The van der Waals surface area contributed by atoms with Crippen LogP contribution in [0.15, 0.2) is 69.0 Å². The Labute approximate surface area is 262 Å². The Morgan fingerprint density at radius 3 is 2.40 bits per heavy atom. The van der Waals surface area contributed by atoms with Crippen LogP contribution in [0.1, 0.15) is 42.4 Å². The van der Waals surface area contributed by atoms with Crippen molar-refractivity contribution in [3.63, 3.8) is 0 Å². The van der Waals surface area contributed by atoms with Gasteiger partial charge in [0.25, 0.3) is 5.91 Å². The Balaban J connectivity index is 1.24. The lowest BCUT2D eigenvalue weighted by atomic mass is 10.2. The van der Waals surface area contributed by atoms with Crippen LogP contribution in [0.3, 0.4) is 0 Å². The molecule has 2 aromatic heterocycles. The van der Waals surface area contributed by atoms with Gasteiger partial charge in [0, 0.05) is 24.3 Å². The van der Waals surface area contributed by atoms with Gasteiger partial charge in [-0.3, -0.25) is 19.5 Å². The van der Waals surface area contributed by atoms with E-state index in [-0.39, 0.29) is 29.0 Å². The Hall–Kier alpha value is -3.31. The van der Waals surface area contributed by atoms with E-state index in [9.17, 15) is 18.0 Å². The molecule has 43 heavy (non-hydrogen) atoms. The summed E-state index contributed by atoms with van der Waals surface area (Å²) < 4.78 is 30.0. The molecule has 0 radical (unpaired) electrons. The Morgan fingerprint density at radius 2 is 1.67 bits per heavy atom. The van der Waals surface area contributed by atoms with Crippen LogP contribution in [0.25, 0.3) is 5.69 Å². The lowest BCUT2D eigenvalue weighted by Gasteiger charge is -2.25. The molecular formula is C27H30N8O4S4. The Bertz CT molecular complexity index is 1650. The number of sulfonamides is 1. The molecule has 0 bridgehead atoms. The van der Waals surface area contributed by atoms with Gasteiger partial charge in [-0.25, -0.2) is 8.42 Å². The zero-order valence-electron chi connectivity index (χ0n) is 23.3. The number of nitrogens with zero attached hydrogens (tertiary/aromatic N) is 6. The first kappa shape index (κ1) is 31.1. The van der Waals surface area contributed by atoms with Gasteiger partial charge < -0.3 is 5.32 Å². The number of piperidine rings is 1. The van der Waals surface area contributed by atoms with Crippen molar-refractivity contribution in [1.82, 2.24) is 34.6 Å². The second-order valence-corrected chi connectivity index (χ2v) is 14.8. The van der Waals surface area contributed by atoms with Crippen molar-refractivity contribution < 1.29 is 18.0 Å². The number of carbonyl (C=O) groups is 2. The van der Waals surface area contributed by atoms with Crippen molar-refractivity contribution >= 4 is 61.8 Å². The lowest BCUT2D eigenvalue weighted by Crippen LogP contribution is -2.35. The highest BCUT2D eigenvalue weighted by Gasteiger charge is 2.26. The maximum absolute atomic E-state index is 13.0. The number of hydrogen-bond donors (Lipinski definition) is 2. The first-order valence-corrected chi connectivity index (χ1v) is 17.8. The predicted octanol–water partition coefficient (Wildman–Crippen LogP) is 4.07. The third-order valence-electron chi connectivity index (χ3n) is 6.44. The summed E-state index contributed by atoms with van der Waals surface area (Å²) in [6.07, 6.45) is 2.73. The second-order valence-electron chi connectivity index (χ2n) is 9.38. The third-order valence-corrected chi connectivity index (χ3v) is 11.1. The number of thioether (sulfide) groups is 2. The van der Waals surface area contributed by atoms with Crippen molar-refractivity contribution in [2.75, 3.05) is 29.9 Å². The molecule has 1 saturated heterocycles. The van der Waals surface area contributed by atoms with Crippen LogP contribution < -0.4 is 10.6 Å². The van der Waals surface area contributed by atoms with Crippen LogP contribution in [0, 0.1) is 0 Å². The SMILES string of the molecule is CCSc1nnc(NC(=O)CSc2nnc(CNC(=O)c3ccc(S(=O)(=O)N4CCCCC4)cc3)n2-c2ccccc2)s1. The summed E-state index contributed by atoms with van der Waals surface area (Å²) in [5, 5.41) is 23.1. The van der Waals surface area contributed by atoms with Crippen LogP contribution in [0.4, 0.5) is 5.13 Å². The van der Waals surface area contributed by atoms with E-state index in [1.165, 1.54) is 51.7 Å². The van der Waals surface area contributed by atoms with Crippen molar-refractivity contribution in [3.05, 3.63) is 66.0 Å². The highest BCUT2D eigenvalue weighted by atomic mass is 32.2. The number of amides is 2. The van der Waals surface area contributed by atoms with Gasteiger partial charge in [0.15, 0.2) is 15.3 Å². The number of hydrogen-bond acceptors (Lipinski definition) is 11. The highest BCUT2D eigenvalue weighted by molar-refractivity contribution is 8.01. The molecule has 5 rings (SSSR count). The predicted molar refractivity (Wildman–Crippen MR) is 167 cm³/mol. The summed E-state index contributed by atoms with van der Waals surface area (Å²) in [5.41, 5.74) is 1.10. The fourth-order valence-corrected chi connectivity index (χ4v) is 8.32. The first-order chi connectivity index (χ1) is 20.8. The maximum Gasteiger partial charge on any atom is 0.251 e. The van der Waals surface area contributed by atoms with E-state index in [0.717, 1.165) is 35.0 Å². The molecule has 0 saturated carbocycles.